The van der Waals surface area contributed by atoms with Crippen molar-refractivity contribution in [1.82, 2.24) is 10.2 Å². The number of benzene rings is 3. The topological polar surface area (TPSA) is 86.8 Å². The molecule has 1 aliphatic carbocycles. The van der Waals surface area contributed by atoms with Crippen LogP contribution in [0.2, 0.25) is 5.02 Å². The van der Waals surface area contributed by atoms with E-state index in [0.717, 1.165) is 47.9 Å². The molecule has 0 aliphatic heterocycles. The first-order valence-corrected chi connectivity index (χ1v) is 15.8. The molecule has 1 fully saturated rings. The number of carbonyl (C=O) groups is 2. The number of nitrogens with one attached hydrogen (secondary N) is 1. The van der Waals surface area contributed by atoms with Gasteiger partial charge in [0.1, 0.15) is 12.6 Å². The van der Waals surface area contributed by atoms with Gasteiger partial charge in [-0.1, -0.05) is 66.4 Å². The predicted octanol–water partition coefficient (Wildman–Crippen LogP) is 5.94. The average molecular weight is 596 g/mol. The van der Waals surface area contributed by atoms with E-state index >= 15 is 0 Å². The third kappa shape index (κ3) is 7.29. The molecule has 0 heterocycles. The van der Waals surface area contributed by atoms with Crippen LogP contribution in [-0.4, -0.2) is 43.8 Å². The Balaban J connectivity index is 1.71. The Morgan fingerprint density at radius 2 is 1.59 bits per heavy atom. The van der Waals surface area contributed by atoms with E-state index in [2.05, 4.69) is 5.32 Å². The zero-order chi connectivity index (χ0) is 29.7. The molecule has 41 heavy (non-hydrogen) atoms. The molecule has 3 aromatic rings. The van der Waals surface area contributed by atoms with Crippen LogP contribution in [0.3, 0.4) is 0 Å². The number of rotatable bonds is 10. The van der Waals surface area contributed by atoms with E-state index in [4.69, 9.17) is 11.6 Å². The zero-order valence-corrected chi connectivity index (χ0v) is 25.6. The molecule has 1 saturated carbocycles. The lowest BCUT2D eigenvalue weighted by atomic mass is 10.1. The summed E-state index contributed by atoms with van der Waals surface area (Å²) < 4.78 is 29.3. The highest BCUT2D eigenvalue weighted by molar-refractivity contribution is 7.92. The highest BCUT2D eigenvalue weighted by Gasteiger charge is 2.34. The van der Waals surface area contributed by atoms with Gasteiger partial charge in [-0.25, -0.2) is 8.42 Å². The molecule has 0 bridgehead atoms. The fourth-order valence-corrected chi connectivity index (χ4v) is 6.72. The Morgan fingerprint density at radius 1 is 0.951 bits per heavy atom. The first kappa shape index (κ1) is 30.6. The molecular weight excluding hydrogens is 558 g/mol. The fourth-order valence-electron chi connectivity index (χ4n) is 5.12. The smallest absolute Gasteiger partial charge is 0.264 e. The first-order valence-electron chi connectivity index (χ1n) is 14.0. The Kier molecular flexibility index (Phi) is 9.76. The molecule has 218 valence electrons. The van der Waals surface area contributed by atoms with Crippen molar-refractivity contribution in [2.75, 3.05) is 10.8 Å². The lowest BCUT2D eigenvalue weighted by Gasteiger charge is -2.33. The highest BCUT2D eigenvalue weighted by Crippen LogP contribution is 2.29. The van der Waals surface area contributed by atoms with Crippen molar-refractivity contribution in [2.24, 2.45) is 0 Å². The summed E-state index contributed by atoms with van der Waals surface area (Å²) in [4.78, 5) is 29.0. The maximum absolute atomic E-state index is 14.1. The summed E-state index contributed by atoms with van der Waals surface area (Å²) in [6.07, 6.45) is 3.96. The molecule has 3 aromatic carbocycles. The van der Waals surface area contributed by atoms with E-state index in [1.807, 2.05) is 26.8 Å². The first-order chi connectivity index (χ1) is 19.5. The van der Waals surface area contributed by atoms with Crippen molar-refractivity contribution in [1.29, 1.82) is 0 Å². The van der Waals surface area contributed by atoms with Crippen LogP contribution in [-0.2, 0) is 26.2 Å². The van der Waals surface area contributed by atoms with Crippen LogP contribution in [0, 0.1) is 20.8 Å². The minimum absolute atomic E-state index is 0.0887. The Morgan fingerprint density at radius 3 is 2.22 bits per heavy atom. The van der Waals surface area contributed by atoms with Crippen molar-refractivity contribution in [3.05, 3.63) is 94.0 Å². The van der Waals surface area contributed by atoms with Crippen LogP contribution in [0.5, 0.6) is 0 Å². The molecule has 9 heteroatoms. The van der Waals surface area contributed by atoms with E-state index in [-0.39, 0.29) is 23.4 Å². The van der Waals surface area contributed by atoms with Gasteiger partial charge in [0.25, 0.3) is 10.0 Å². The van der Waals surface area contributed by atoms with E-state index in [0.29, 0.717) is 10.7 Å². The summed E-state index contributed by atoms with van der Waals surface area (Å²) in [5.74, 6) is -0.732. The molecule has 0 unspecified atom stereocenters. The summed E-state index contributed by atoms with van der Waals surface area (Å²) in [6.45, 7) is 6.98. The number of amides is 2. The number of hydrogen-bond donors (Lipinski definition) is 1. The number of carbonyl (C=O) groups excluding carboxylic acids is 2. The molecular formula is C32H38ClN3O4S. The molecule has 1 atom stereocenters. The Labute approximate surface area is 248 Å². The minimum Gasteiger partial charge on any atom is -0.352 e. The van der Waals surface area contributed by atoms with Crippen LogP contribution in [0.25, 0.3) is 0 Å². The molecule has 0 saturated heterocycles. The van der Waals surface area contributed by atoms with Crippen LogP contribution in [0.4, 0.5) is 5.69 Å². The van der Waals surface area contributed by atoms with E-state index < -0.39 is 28.5 Å². The zero-order valence-electron chi connectivity index (χ0n) is 24.1. The molecule has 0 spiro atoms. The van der Waals surface area contributed by atoms with Gasteiger partial charge in [-0.2, -0.15) is 0 Å². The summed E-state index contributed by atoms with van der Waals surface area (Å²) in [7, 11) is -4.11. The second kappa shape index (κ2) is 13.1. The van der Waals surface area contributed by atoms with E-state index in [1.54, 1.807) is 67.6 Å². The van der Waals surface area contributed by atoms with Crippen molar-refractivity contribution in [2.45, 2.75) is 76.9 Å². The minimum atomic E-state index is -4.11. The number of sulfonamides is 1. The van der Waals surface area contributed by atoms with Gasteiger partial charge in [-0.05, 0) is 87.6 Å². The van der Waals surface area contributed by atoms with Gasteiger partial charge >= 0.3 is 0 Å². The molecule has 4 rings (SSSR count). The second-order valence-electron chi connectivity index (χ2n) is 10.9. The molecule has 0 aromatic heterocycles. The van der Waals surface area contributed by atoms with E-state index in [1.165, 1.54) is 9.21 Å². The van der Waals surface area contributed by atoms with Gasteiger partial charge in [0.2, 0.25) is 11.8 Å². The summed E-state index contributed by atoms with van der Waals surface area (Å²) in [6, 6.07) is 18.3. The molecule has 1 N–H and O–H groups in total. The maximum Gasteiger partial charge on any atom is 0.264 e. The third-order valence-corrected chi connectivity index (χ3v) is 9.89. The lowest BCUT2D eigenvalue weighted by Crippen LogP contribution is -2.52. The SMILES string of the molecule is Cc1ccc(S(=O)(=O)N(CC(=O)N(Cc2ccc(Cl)cc2)[C@@H](C)C(=O)NC2CCCC2)c2cccc(C)c2C)cc1. The van der Waals surface area contributed by atoms with Gasteiger partial charge in [0.05, 0.1) is 10.6 Å². The van der Waals surface area contributed by atoms with Gasteiger partial charge in [0.15, 0.2) is 0 Å². The Bertz CT molecular complexity index is 1480. The number of anilines is 1. The van der Waals surface area contributed by atoms with Crippen LogP contribution >= 0.6 is 11.6 Å². The third-order valence-electron chi connectivity index (χ3n) is 7.87. The second-order valence-corrected chi connectivity index (χ2v) is 13.2. The number of nitrogens with zero attached hydrogens (tertiary/aromatic N) is 2. The van der Waals surface area contributed by atoms with Gasteiger partial charge in [0, 0.05) is 17.6 Å². The van der Waals surface area contributed by atoms with Crippen LogP contribution < -0.4 is 9.62 Å². The fraction of sp³-hybridized carbons (Fsp3) is 0.375. The van der Waals surface area contributed by atoms with Gasteiger partial charge < -0.3 is 10.2 Å². The number of hydrogen-bond acceptors (Lipinski definition) is 4. The standard InChI is InChI=1S/C32H38ClN3O4S/c1-22-12-18-29(19-13-22)41(39,40)36(30-11-7-8-23(2)24(30)3)21-31(37)35(20-26-14-16-27(33)17-15-26)25(4)32(38)34-28-9-5-6-10-28/h7-8,11-19,25,28H,5-6,9-10,20-21H2,1-4H3,(H,34,38)/t25-/m0/s1. The van der Waals surface area contributed by atoms with Gasteiger partial charge in [-0.3, -0.25) is 13.9 Å². The average Bonchev–Trinajstić information content (AvgIpc) is 3.46. The quantitative estimate of drug-likeness (QED) is 0.314. The molecule has 2 amide bonds. The Hall–Kier alpha value is -3.36. The molecule has 7 nitrogen and oxygen atoms in total. The van der Waals surface area contributed by atoms with Crippen molar-refractivity contribution >= 4 is 39.1 Å². The number of halogens is 1. The molecule has 1 aliphatic rings. The predicted molar refractivity (Wildman–Crippen MR) is 163 cm³/mol. The summed E-state index contributed by atoms with van der Waals surface area (Å²) >= 11 is 6.08. The van der Waals surface area contributed by atoms with Crippen molar-refractivity contribution in [3.8, 4) is 0 Å². The monoisotopic (exact) mass is 595 g/mol. The van der Waals surface area contributed by atoms with Gasteiger partial charge in [-0.15, -0.1) is 0 Å². The van der Waals surface area contributed by atoms with Crippen LogP contribution in [0.1, 0.15) is 54.9 Å². The summed E-state index contributed by atoms with van der Waals surface area (Å²) in [5.41, 5.74) is 3.79. The lowest BCUT2D eigenvalue weighted by molar-refractivity contribution is -0.139. The number of aryl methyl sites for hydroxylation is 2. The van der Waals surface area contributed by atoms with E-state index in [9.17, 15) is 18.0 Å². The van der Waals surface area contributed by atoms with Crippen molar-refractivity contribution in [3.63, 3.8) is 0 Å². The normalized spacial score (nSPS) is 14.5. The van der Waals surface area contributed by atoms with Crippen molar-refractivity contribution < 1.29 is 18.0 Å². The summed E-state index contributed by atoms with van der Waals surface area (Å²) in [5, 5.41) is 3.65. The highest BCUT2D eigenvalue weighted by atomic mass is 35.5. The van der Waals surface area contributed by atoms with Crippen LogP contribution in [0.15, 0.2) is 71.6 Å². The molecule has 0 radical (unpaired) electrons. The largest absolute Gasteiger partial charge is 0.352 e. The maximum atomic E-state index is 14.1.